The van der Waals surface area contributed by atoms with Gasteiger partial charge in [-0.1, -0.05) is 0 Å². The summed E-state index contributed by atoms with van der Waals surface area (Å²) in [5, 5.41) is 10.8. The third-order valence-corrected chi connectivity index (χ3v) is 3.05. The zero-order valence-electron chi connectivity index (χ0n) is 9.08. The summed E-state index contributed by atoms with van der Waals surface area (Å²) in [4.78, 5) is 10.2. The van der Waals surface area contributed by atoms with Gasteiger partial charge in [-0.15, -0.1) is 0 Å². The van der Waals surface area contributed by atoms with E-state index in [1.54, 1.807) is 0 Å². The third-order valence-electron chi connectivity index (χ3n) is 1.61. The minimum Gasteiger partial charge on any atom is -0.540 e. The first kappa shape index (κ1) is 13.1. The first-order valence-corrected chi connectivity index (χ1v) is 8.73. The topological polar surface area (TPSA) is 52.4 Å². The molecule has 0 aromatic heterocycles. The molecular weight excluding hydrogens is 297 g/mol. The molecule has 0 aliphatic heterocycles. The van der Waals surface area contributed by atoms with E-state index in [0.29, 0.717) is 0 Å². The van der Waals surface area contributed by atoms with E-state index in [2.05, 4.69) is 15.9 Å². The summed E-state index contributed by atoms with van der Waals surface area (Å²) < 4.78 is 18.8. The number of halogens is 2. The second-order valence-corrected chi connectivity index (χ2v) is 9.49. The molecule has 0 fully saturated rings. The summed E-state index contributed by atoms with van der Waals surface area (Å²) in [5.74, 6) is -0.580. The van der Waals surface area contributed by atoms with Crippen LogP contribution in [0.1, 0.15) is 0 Å². The van der Waals surface area contributed by atoms with Gasteiger partial charge in [0, 0.05) is 12.1 Å². The summed E-state index contributed by atoms with van der Waals surface area (Å²) >= 11 is 2.90. The minimum atomic E-state index is -2.00. The lowest BCUT2D eigenvalue weighted by Gasteiger charge is -2.19. The van der Waals surface area contributed by atoms with Crippen LogP contribution in [0.3, 0.4) is 0 Å². The van der Waals surface area contributed by atoms with E-state index in [4.69, 9.17) is 4.43 Å². The van der Waals surface area contributed by atoms with Gasteiger partial charge in [-0.05, 0) is 35.6 Å². The highest BCUT2D eigenvalue weighted by atomic mass is 79.9. The molecular formula is C9H11BrFNO3Si. The number of nitro groups is 1. The van der Waals surface area contributed by atoms with Crippen LogP contribution < -0.4 is 4.43 Å². The molecule has 7 heteroatoms. The molecule has 0 aliphatic carbocycles. The second-order valence-electron chi connectivity index (χ2n) is 4.21. The predicted molar refractivity (Wildman–Crippen MR) is 64.7 cm³/mol. The van der Waals surface area contributed by atoms with Gasteiger partial charge in [0.05, 0.1) is 9.40 Å². The van der Waals surface area contributed by atoms with E-state index in [-0.39, 0.29) is 15.9 Å². The average molecular weight is 308 g/mol. The van der Waals surface area contributed by atoms with Crippen molar-refractivity contribution >= 4 is 29.9 Å². The molecule has 0 radical (unpaired) electrons. The van der Waals surface area contributed by atoms with Crippen LogP contribution in [0, 0.1) is 15.9 Å². The molecule has 0 amide bonds. The summed E-state index contributed by atoms with van der Waals surface area (Å²) in [7, 11) is -2.00. The van der Waals surface area contributed by atoms with Gasteiger partial charge >= 0.3 is 5.69 Å². The van der Waals surface area contributed by atoms with Gasteiger partial charge in [0.2, 0.25) is 8.32 Å². The van der Waals surface area contributed by atoms with E-state index in [0.717, 1.165) is 12.1 Å². The molecule has 0 saturated carbocycles. The Bertz CT molecular complexity index is 433. The van der Waals surface area contributed by atoms with Crippen LogP contribution in [0.5, 0.6) is 5.75 Å². The van der Waals surface area contributed by atoms with Crippen molar-refractivity contribution in [3.63, 3.8) is 0 Å². The van der Waals surface area contributed by atoms with Gasteiger partial charge in [0.1, 0.15) is 5.82 Å². The lowest BCUT2D eigenvalue weighted by Crippen LogP contribution is -2.29. The Morgan fingerprint density at radius 1 is 1.44 bits per heavy atom. The molecule has 0 atom stereocenters. The Kier molecular flexibility index (Phi) is 3.69. The van der Waals surface area contributed by atoms with E-state index < -0.39 is 19.1 Å². The number of nitrogens with zero attached hydrogens (tertiary/aromatic N) is 1. The van der Waals surface area contributed by atoms with Crippen LogP contribution in [-0.2, 0) is 0 Å². The van der Waals surface area contributed by atoms with Gasteiger partial charge in [-0.2, -0.15) is 0 Å². The molecule has 1 rings (SSSR count). The van der Waals surface area contributed by atoms with Crippen LogP contribution in [0.4, 0.5) is 10.1 Å². The van der Waals surface area contributed by atoms with E-state index >= 15 is 0 Å². The highest BCUT2D eigenvalue weighted by Crippen LogP contribution is 2.33. The normalized spacial score (nSPS) is 11.3. The van der Waals surface area contributed by atoms with Crippen LogP contribution in [-0.4, -0.2) is 13.2 Å². The third kappa shape index (κ3) is 3.27. The van der Waals surface area contributed by atoms with E-state index in [1.165, 1.54) is 0 Å². The predicted octanol–water partition coefficient (Wildman–Crippen LogP) is 3.71. The Morgan fingerprint density at radius 3 is 2.44 bits per heavy atom. The number of hydrogen-bond acceptors (Lipinski definition) is 3. The van der Waals surface area contributed by atoms with Crippen molar-refractivity contribution in [2.75, 3.05) is 0 Å². The largest absolute Gasteiger partial charge is 0.540 e. The maximum Gasteiger partial charge on any atom is 0.310 e. The first-order chi connectivity index (χ1) is 7.20. The molecule has 16 heavy (non-hydrogen) atoms. The molecule has 1 aromatic rings. The Balaban J connectivity index is 3.25. The monoisotopic (exact) mass is 307 g/mol. The van der Waals surface area contributed by atoms with Gasteiger partial charge < -0.3 is 4.43 Å². The molecule has 0 heterocycles. The smallest absolute Gasteiger partial charge is 0.310 e. The van der Waals surface area contributed by atoms with Crippen LogP contribution in [0.25, 0.3) is 0 Å². The van der Waals surface area contributed by atoms with E-state index in [9.17, 15) is 14.5 Å². The highest BCUT2D eigenvalue weighted by molar-refractivity contribution is 9.10. The van der Waals surface area contributed by atoms with E-state index in [1.807, 2.05) is 19.6 Å². The lowest BCUT2D eigenvalue weighted by atomic mass is 10.3. The summed E-state index contributed by atoms with van der Waals surface area (Å²) in [6.45, 7) is 5.62. The van der Waals surface area contributed by atoms with Crippen molar-refractivity contribution in [1.82, 2.24) is 0 Å². The van der Waals surface area contributed by atoms with Crippen molar-refractivity contribution < 1.29 is 13.7 Å². The first-order valence-electron chi connectivity index (χ1n) is 4.53. The number of benzene rings is 1. The highest BCUT2D eigenvalue weighted by Gasteiger charge is 2.24. The maximum absolute atomic E-state index is 13.3. The van der Waals surface area contributed by atoms with Crippen molar-refractivity contribution in [2.45, 2.75) is 19.6 Å². The minimum absolute atomic E-state index is 0.00938. The molecule has 0 saturated heterocycles. The molecule has 88 valence electrons. The van der Waals surface area contributed by atoms with Gasteiger partial charge in [-0.3, -0.25) is 10.1 Å². The zero-order valence-corrected chi connectivity index (χ0v) is 11.7. The Morgan fingerprint density at radius 2 is 2.00 bits per heavy atom. The zero-order chi connectivity index (χ0) is 12.5. The Labute approximate surface area is 102 Å². The van der Waals surface area contributed by atoms with Crippen LogP contribution >= 0.6 is 15.9 Å². The van der Waals surface area contributed by atoms with Crippen molar-refractivity contribution in [1.29, 1.82) is 0 Å². The summed E-state index contributed by atoms with van der Waals surface area (Å²) in [5.41, 5.74) is -0.226. The number of rotatable bonds is 3. The van der Waals surface area contributed by atoms with Gasteiger partial charge in [-0.25, -0.2) is 4.39 Å². The summed E-state index contributed by atoms with van der Waals surface area (Å²) in [6.07, 6.45) is 0. The SMILES string of the molecule is C[Si](C)(C)Oc1cc(F)c(Br)cc1[N+](=O)[O-]. The molecule has 0 spiro atoms. The second kappa shape index (κ2) is 4.50. The quantitative estimate of drug-likeness (QED) is 0.486. The molecule has 4 nitrogen and oxygen atoms in total. The van der Waals surface area contributed by atoms with Gasteiger partial charge in [0.15, 0.2) is 5.75 Å². The van der Waals surface area contributed by atoms with Crippen LogP contribution in [0.2, 0.25) is 19.6 Å². The number of hydrogen-bond donors (Lipinski definition) is 0. The number of nitro benzene ring substituents is 1. The molecule has 0 bridgehead atoms. The fourth-order valence-electron chi connectivity index (χ4n) is 1.07. The maximum atomic E-state index is 13.3. The lowest BCUT2D eigenvalue weighted by molar-refractivity contribution is -0.385. The van der Waals surface area contributed by atoms with Crippen molar-refractivity contribution in [3.8, 4) is 5.75 Å². The fraction of sp³-hybridized carbons (Fsp3) is 0.333. The fourth-order valence-corrected chi connectivity index (χ4v) is 2.23. The van der Waals surface area contributed by atoms with Crippen molar-refractivity contribution in [2.24, 2.45) is 0 Å². The molecule has 1 aromatic carbocycles. The molecule has 0 unspecified atom stereocenters. The summed E-state index contributed by atoms with van der Waals surface area (Å²) in [6, 6.07) is 2.16. The molecule has 0 aliphatic rings. The van der Waals surface area contributed by atoms with Crippen molar-refractivity contribution in [3.05, 3.63) is 32.5 Å². The average Bonchev–Trinajstić information content (AvgIpc) is 2.07. The van der Waals surface area contributed by atoms with Crippen LogP contribution in [0.15, 0.2) is 16.6 Å². The molecule has 0 N–H and O–H groups in total. The Hall–Kier alpha value is -0.953. The standard InChI is InChI=1S/C9H11BrFNO3Si/c1-16(2,3)15-9-5-7(11)6(10)4-8(9)12(13)14/h4-5H,1-3H3. The van der Waals surface area contributed by atoms with Gasteiger partial charge in [0.25, 0.3) is 0 Å².